The van der Waals surface area contributed by atoms with Crippen molar-refractivity contribution in [2.24, 2.45) is 0 Å². The predicted molar refractivity (Wildman–Crippen MR) is 89.3 cm³/mol. The largest absolute Gasteiger partial charge is 0.467 e. The fourth-order valence-electron chi connectivity index (χ4n) is 3.20. The molecule has 1 fully saturated rings. The number of likely N-dealkylation sites (tertiary alicyclic amines) is 1. The molecule has 1 spiro atoms. The topological polar surface area (TPSA) is 71.5 Å². The summed E-state index contributed by atoms with van der Waals surface area (Å²) in [5.74, 6) is 0.502. The highest BCUT2D eigenvalue weighted by Gasteiger charge is 2.43. The Hall–Kier alpha value is -2.41. The molecule has 1 aromatic carbocycles. The zero-order chi connectivity index (χ0) is 16.7. The molecule has 3 heterocycles. The minimum atomic E-state index is -0.717. The summed E-state index contributed by atoms with van der Waals surface area (Å²) in [5, 5.41) is 2.98. The quantitative estimate of drug-likeness (QED) is 0.862. The molecule has 124 valence electrons. The van der Waals surface area contributed by atoms with Crippen molar-refractivity contribution in [1.82, 2.24) is 15.2 Å². The average Bonchev–Trinajstić information content (AvgIpc) is 3.01. The van der Waals surface area contributed by atoms with Crippen molar-refractivity contribution in [3.8, 4) is 5.75 Å². The van der Waals surface area contributed by atoms with Crippen LogP contribution in [0.1, 0.15) is 38.6 Å². The Balaban J connectivity index is 1.50. The molecule has 0 unspecified atom stereocenters. The molecule has 2 amide bonds. The number of nitrogens with zero attached hydrogens (tertiary/aromatic N) is 2. The minimum Gasteiger partial charge on any atom is -0.467 e. The van der Waals surface area contributed by atoms with Gasteiger partial charge in [-0.05, 0) is 19.1 Å². The van der Waals surface area contributed by atoms with E-state index in [9.17, 15) is 9.59 Å². The molecule has 2 aliphatic heterocycles. The van der Waals surface area contributed by atoms with E-state index in [4.69, 9.17) is 4.74 Å². The summed E-state index contributed by atoms with van der Waals surface area (Å²) in [6.45, 7) is 2.92. The van der Waals surface area contributed by atoms with E-state index in [2.05, 4.69) is 10.3 Å². The minimum absolute atomic E-state index is 0.00684. The van der Waals surface area contributed by atoms with E-state index < -0.39 is 5.72 Å². The Morgan fingerprint density at radius 2 is 2.08 bits per heavy atom. The highest BCUT2D eigenvalue weighted by molar-refractivity contribution is 7.11. The predicted octanol–water partition coefficient (Wildman–Crippen LogP) is 2.21. The number of rotatable bonds is 1. The van der Waals surface area contributed by atoms with Crippen LogP contribution in [0, 0.1) is 6.92 Å². The molecule has 7 heteroatoms. The molecule has 0 aliphatic carbocycles. The van der Waals surface area contributed by atoms with Crippen molar-refractivity contribution in [3.05, 3.63) is 45.9 Å². The van der Waals surface area contributed by atoms with Gasteiger partial charge in [-0.1, -0.05) is 12.1 Å². The van der Waals surface area contributed by atoms with Gasteiger partial charge >= 0.3 is 0 Å². The molecule has 1 saturated heterocycles. The molecule has 0 radical (unpaired) electrons. The summed E-state index contributed by atoms with van der Waals surface area (Å²) in [7, 11) is 0. The van der Waals surface area contributed by atoms with Crippen molar-refractivity contribution in [3.63, 3.8) is 0 Å². The summed E-state index contributed by atoms with van der Waals surface area (Å²) in [6, 6.07) is 7.24. The highest BCUT2D eigenvalue weighted by Crippen LogP contribution is 2.33. The summed E-state index contributed by atoms with van der Waals surface area (Å²) < 4.78 is 6.09. The molecule has 1 aromatic heterocycles. The fourth-order valence-corrected chi connectivity index (χ4v) is 3.97. The van der Waals surface area contributed by atoms with Crippen LogP contribution < -0.4 is 10.1 Å². The van der Waals surface area contributed by atoms with Gasteiger partial charge in [0, 0.05) is 25.9 Å². The van der Waals surface area contributed by atoms with Crippen molar-refractivity contribution in [2.75, 3.05) is 13.1 Å². The first-order valence-corrected chi connectivity index (χ1v) is 8.76. The maximum absolute atomic E-state index is 12.6. The van der Waals surface area contributed by atoms with Gasteiger partial charge in [-0.15, -0.1) is 11.3 Å². The molecule has 2 aromatic rings. The van der Waals surface area contributed by atoms with Crippen LogP contribution in [-0.2, 0) is 0 Å². The maximum atomic E-state index is 12.6. The first kappa shape index (κ1) is 15.1. The van der Waals surface area contributed by atoms with Crippen LogP contribution in [0.15, 0.2) is 29.8 Å². The molecular formula is C17H17N3O3S. The lowest BCUT2D eigenvalue weighted by Crippen LogP contribution is -2.61. The van der Waals surface area contributed by atoms with Crippen LogP contribution in [0.5, 0.6) is 5.75 Å². The van der Waals surface area contributed by atoms with Gasteiger partial charge < -0.3 is 15.0 Å². The second kappa shape index (κ2) is 5.59. The summed E-state index contributed by atoms with van der Waals surface area (Å²) in [4.78, 5) is 31.5. The number of hydrogen-bond acceptors (Lipinski definition) is 5. The number of fused-ring (bicyclic) bond motifs is 1. The Labute approximate surface area is 143 Å². The Morgan fingerprint density at radius 3 is 2.79 bits per heavy atom. The van der Waals surface area contributed by atoms with Gasteiger partial charge in [0.15, 0.2) is 5.72 Å². The zero-order valence-corrected chi connectivity index (χ0v) is 14.1. The number of nitrogens with one attached hydrogen (secondary N) is 1. The zero-order valence-electron chi connectivity index (χ0n) is 13.2. The van der Waals surface area contributed by atoms with E-state index in [0.717, 1.165) is 5.69 Å². The molecule has 2 aliphatic rings. The monoisotopic (exact) mass is 343 g/mol. The third-order valence-corrected chi connectivity index (χ3v) is 5.49. The number of thiazole rings is 1. The van der Waals surface area contributed by atoms with E-state index in [1.165, 1.54) is 11.3 Å². The second-order valence-corrected chi connectivity index (χ2v) is 6.96. The molecule has 1 N–H and O–H groups in total. The number of benzene rings is 1. The van der Waals surface area contributed by atoms with Crippen molar-refractivity contribution in [1.29, 1.82) is 0 Å². The lowest BCUT2D eigenvalue weighted by molar-refractivity contribution is -0.0244. The second-order valence-electron chi connectivity index (χ2n) is 6.11. The van der Waals surface area contributed by atoms with Crippen molar-refractivity contribution < 1.29 is 14.3 Å². The van der Waals surface area contributed by atoms with Gasteiger partial charge in [-0.2, -0.15) is 0 Å². The molecule has 0 bridgehead atoms. The van der Waals surface area contributed by atoms with E-state index in [1.54, 1.807) is 11.6 Å². The fraction of sp³-hybridized carbons (Fsp3) is 0.353. The number of amides is 2. The van der Waals surface area contributed by atoms with Gasteiger partial charge in [0.2, 0.25) is 0 Å². The lowest BCUT2D eigenvalue weighted by Gasteiger charge is -2.44. The van der Waals surface area contributed by atoms with Crippen LogP contribution >= 0.6 is 11.3 Å². The Kier molecular flexibility index (Phi) is 3.53. The summed E-state index contributed by atoms with van der Waals surface area (Å²) >= 11 is 1.37. The number of carbonyl (C=O) groups is 2. The van der Waals surface area contributed by atoms with Crippen LogP contribution in [-0.4, -0.2) is 40.5 Å². The first-order chi connectivity index (χ1) is 11.6. The highest BCUT2D eigenvalue weighted by atomic mass is 32.1. The van der Waals surface area contributed by atoms with Gasteiger partial charge in [-0.25, -0.2) is 4.98 Å². The van der Waals surface area contributed by atoms with Gasteiger partial charge in [0.1, 0.15) is 10.6 Å². The third-order valence-electron chi connectivity index (χ3n) is 4.58. The van der Waals surface area contributed by atoms with E-state index in [0.29, 0.717) is 42.1 Å². The number of carbonyl (C=O) groups excluding carboxylic acids is 2. The SMILES string of the molecule is Cc1ncsc1C(=O)N1CCC2(CC1)NC(=O)c1ccccc1O2. The van der Waals surface area contributed by atoms with Gasteiger partial charge in [0.05, 0.1) is 16.8 Å². The number of ether oxygens (including phenoxy) is 1. The number of piperidine rings is 1. The van der Waals surface area contributed by atoms with Crippen molar-refractivity contribution in [2.45, 2.75) is 25.5 Å². The Bertz CT molecular complexity index is 809. The third kappa shape index (κ3) is 2.45. The lowest BCUT2D eigenvalue weighted by atomic mass is 9.96. The van der Waals surface area contributed by atoms with E-state index in [1.807, 2.05) is 30.0 Å². The molecule has 0 saturated carbocycles. The number of hydrogen-bond donors (Lipinski definition) is 1. The first-order valence-electron chi connectivity index (χ1n) is 7.88. The molecule has 4 rings (SSSR count). The number of para-hydroxylation sites is 1. The maximum Gasteiger partial charge on any atom is 0.265 e. The summed E-state index contributed by atoms with van der Waals surface area (Å²) in [5.41, 5.74) is 2.30. The van der Waals surface area contributed by atoms with Gasteiger partial charge in [0.25, 0.3) is 11.8 Å². The molecular weight excluding hydrogens is 326 g/mol. The molecule has 0 atom stereocenters. The van der Waals surface area contributed by atoms with E-state index >= 15 is 0 Å². The number of aryl methyl sites for hydroxylation is 1. The van der Waals surface area contributed by atoms with E-state index in [-0.39, 0.29) is 11.8 Å². The smallest absolute Gasteiger partial charge is 0.265 e. The van der Waals surface area contributed by atoms with Gasteiger partial charge in [-0.3, -0.25) is 9.59 Å². The van der Waals surface area contributed by atoms with Crippen LogP contribution in [0.3, 0.4) is 0 Å². The average molecular weight is 343 g/mol. The van der Waals surface area contributed by atoms with Crippen LogP contribution in [0.25, 0.3) is 0 Å². The van der Waals surface area contributed by atoms with Crippen molar-refractivity contribution >= 4 is 23.2 Å². The molecule has 24 heavy (non-hydrogen) atoms. The summed E-state index contributed by atoms with van der Waals surface area (Å²) in [6.07, 6.45) is 1.13. The van der Waals surface area contributed by atoms with Crippen LogP contribution in [0.2, 0.25) is 0 Å². The van der Waals surface area contributed by atoms with Crippen LogP contribution in [0.4, 0.5) is 0 Å². The standard InChI is InChI=1S/C17H17N3O3S/c1-11-14(24-10-18-11)16(22)20-8-6-17(7-9-20)19-15(21)12-4-2-3-5-13(12)23-17/h2-5,10H,6-9H2,1H3,(H,19,21). The molecule has 6 nitrogen and oxygen atoms in total. The number of aromatic nitrogens is 1. The Morgan fingerprint density at radius 1 is 1.33 bits per heavy atom. The normalized spacial score (nSPS) is 18.7.